The molecular weight excluding hydrogens is 190 g/mol. The highest BCUT2D eigenvalue weighted by atomic mass is 16.5. The number of nitrogens with one attached hydrogen (secondary N) is 2. The van der Waals surface area contributed by atoms with E-state index < -0.39 is 0 Å². The first-order valence-corrected chi connectivity index (χ1v) is 5.74. The minimum atomic E-state index is 0.150. The minimum absolute atomic E-state index is 0.150. The molecule has 4 nitrogen and oxygen atoms in total. The fourth-order valence-corrected chi connectivity index (χ4v) is 1.40. The summed E-state index contributed by atoms with van der Waals surface area (Å²) in [6, 6.07) is 0. The summed E-state index contributed by atoms with van der Waals surface area (Å²) < 4.78 is 5.44. The van der Waals surface area contributed by atoms with E-state index in [1.165, 1.54) is 0 Å². The third-order valence-corrected chi connectivity index (χ3v) is 2.33. The van der Waals surface area contributed by atoms with Crippen LogP contribution in [0, 0.1) is 5.41 Å². The Bertz CT molecular complexity index is 214. The van der Waals surface area contributed by atoms with Gasteiger partial charge in [0.15, 0.2) is 5.96 Å². The summed E-state index contributed by atoms with van der Waals surface area (Å²) in [6.07, 6.45) is 1.13. The maximum absolute atomic E-state index is 5.44. The molecule has 0 saturated heterocycles. The van der Waals surface area contributed by atoms with Gasteiger partial charge in [-0.15, -0.1) is 0 Å². The van der Waals surface area contributed by atoms with Gasteiger partial charge in [-0.05, 0) is 13.3 Å². The molecule has 0 aromatic heterocycles. The monoisotopic (exact) mass is 213 g/mol. The third kappa shape index (κ3) is 5.02. The Labute approximate surface area is 92.5 Å². The lowest BCUT2D eigenvalue weighted by molar-refractivity contribution is 0.0729. The van der Waals surface area contributed by atoms with E-state index in [1.54, 1.807) is 0 Å². The molecule has 0 aromatic carbocycles. The molecule has 1 aliphatic rings. The van der Waals surface area contributed by atoms with Crippen LogP contribution in [-0.4, -0.2) is 38.8 Å². The van der Waals surface area contributed by atoms with Crippen LogP contribution in [-0.2, 0) is 4.74 Å². The average molecular weight is 213 g/mol. The quantitative estimate of drug-likeness (QED) is 0.716. The second-order valence-electron chi connectivity index (χ2n) is 4.67. The van der Waals surface area contributed by atoms with Crippen molar-refractivity contribution in [2.75, 3.05) is 32.8 Å². The van der Waals surface area contributed by atoms with E-state index in [0.717, 1.165) is 45.2 Å². The molecule has 15 heavy (non-hydrogen) atoms. The summed E-state index contributed by atoms with van der Waals surface area (Å²) in [5, 5.41) is 6.58. The number of rotatable bonds is 5. The lowest BCUT2D eigenvalue weighted by Crippen LogP contribution is -2.45. The molecule has 0 aromatic rings. The Morgan fingerprint density at radius 3 is 2.93 bits per heavy atom. The summed E-state index contributed by atoms with van der Waals surface area (Å²) in [6.45, 7) is 10.8. The maximum atomic E-state index is 5.44. The summed E-state index contributed by atoms with van der Waals surface area (Å²) in [5.74, 6) is 0.936. The molecule has 0 bridgehead atoms. The number of hydrogen-bond acceptors (Lipinski definition) is 4. The summed E-state index contributed by atoms with van der Waals surface area (Å²) in [7, 11) is 0. The molecule has 1 heterocycles. The maximum Gasteiger partial charge on any atom is 0.191 e. The molecule has 0 unspecified atom stereocenters. The minimum Gasteiger partial charge on any atom is -0.381 e. The van der Waals surface area contributed by atoms with Gasteiger partial charge < -0.3 is 15.4 Å². The van der Waals surface area contributed by atoms with E-state index >= 15 is 0 Å². The molecule has 0 amide bonds. The Hall–Kier alpha value is -0.770. The predicted molar refractivity (Wildman–Crippen MR) is 63.2 cm³/mol. The van der Waals surface area contributed by atoms with Gasteiger partial charge >= 0.3 is 0 Å². The van der Waals surface area contributed by atoms with Crippen molar-refractivity contribution in [1.29, 1.82) is 0 Å². The van der Waals surface area contributed by atoms with Gasteiger partial charge in [0, 0.05) is 31.7 Å². The first kappa shape index (κ1) is 12.3. The van der Waals surface area contributed by atoms with Crippen molar-refractivity contribution in [3.8, 4) is 0 Å². The van der Waals surface area contributed by atoms with E-state index in [1.807, 2.05) is 6.92 Å². The van der Waals surface area contributed by atoms with Gasteiger partial charge in [-0.3, -0.25) is 4.99 Å². The Kier molecular flexibility index (Phi) is 4.88. The molecule has 88 valence electrons. The topological polar surface area (TPSA) is 45.6 Å². The van der Waals surface area contributed by atoms with E-state index in [2.05, 4.69) is 29.5 Å². The average Bonchev–Trinajstić information content (AvgIpc) is 2.25. The number of guanidine groups is 1. The van der Waals surface area contributed by atoms with Gasteiger partial charge in [-0.2, -0.15) is 0 Å². The fourth-order valence-electron chi connectivity index (χ4n) is 1.40. The van der Waals surface area contributed by atoms with Gasteiger partial charge in [-0.25, -0.2) is 0 Å². The zero-order valence-corrected chi connectivity index (χ0v) is 10.1. The van der Waals surface area contributed by atoms with Crippen LogP contribution in [0.5, 0.6) is 0 Å². The second kappa shape index (κ2) is 5.95. The smallest absolute Gasteiger partial charge is 0.191 e. The number of hydrogen-bond donors (Lipinski definition) is 2. The molecule has 0 aliphatic carbocycles. The molecule has 4 heteroatoms. The van der Waals surface area contributed by atoms with Crippen molar-refractivity contribution < 1.29 is 4.74 Å². The van der Waals surface area contributed by atoms with Crippen LogP contribution in [0.25, 0.3) is 0 Å². The Morgan fingerprint density at radius 1 is 1.53 bits per heavy atom. The normalized spacial score (nSPS) is 16.9. The Balaban J connectivity index is 2.25. The van der Waals surface area contributed by atoms with Crippen molar-refractivity contribution in [3.63, 3.8) is 0 Å². The van der Waals surface area contributed by atoms with Gasteiger partial charge in [0.1, 0.15) is 0 Å². The first-order chi connectivity index (χ1) is 7.14. The van der Waals surface area contributed by atoms with Crippen LogP contribution < -0.4 is 10.6 Å². The molecule has 0 atom stereocenters. The lowest BCUT2D eigenvalue weighted by Gasteiger charge is -2.26. The summed E-state index contributed by atoms with van der Waals surface area (Å²) in [4.78, 5) is 4.37. The van der Waals surface area contributed by atoms with Crippen LogP contribution in [0.4, 0.5) is 0 Å². The molecule has 0 fully saturated rings. The molecule has 2 N–H and O–H groups in total. The summed E-state index contributed by atoms with van der Waals surface area (Å²) >= 11 is 0. The molecule has 1 aliphatic heterocycles. The van der Waals surface area contributed by atoms with Gasteiger partial charge in [-0.1, -0.05) is 13.8 Å². The lowest BCUT2D eigenvalue weighted by atomic mass is 9.95. The third-order valence-electron chi connectivity index (χ3n) is 2.33. The van der Waals surface area contributed by atoms with Crippen molar-refractivity contribution in [2.24, 2.45) is 10.4 Å². The standard InChI is InChI=1S/C11H23N3O/c1-4-15-9-11(2,3)8-14-10-12-6-5-7-13-10/h4-9H2,1-3H3,(H2,12,13,14). The SMILES string of the molecule is CCOCC(C)(C)CNC1=NCCCN1. The molecular formula is C11H23N3O. The zero-order valence-electron chi connectivity index (χ0n) is 10.1. The highest BCUT2D eigenvalue weighted by Crippen LogP contribution is 2.13. The molecule has 1 rings (SSSR count). The van der Waals surface area contributed by atoms with Crippen LogP contribution in [0.1, 0.15) is 27.2 Å². The van der Waals surface area contributed by atoms with Crippen LogP contribution >= 0.6 is 0 Å². The van der Waals surface area contributed by atoms with Crippen LogP contribution in [0.3, 0.4) is 0 Å². The molecule has 0 saturated carbocycles. The van der Waals surface area contributed by atoms with Crippen LogP contribution in [0.15, 0.2) is 4.99 Å². The van der Waals surface area contributed by atoms with Crippen LogP contribution in [0.2, 0.25) is 0 Å². The van der Waals surface area contributed by atoms with Crippen molar-refractivity contribution in [3.05, 3.63) is 0 Å². The number of aliphatic imine (C=N–C) groups is 1. The van der Waals surface area contributed by atoms with E-state index in [-0.39, 0.29) is 5.41 Å². The zero-order chi connectivity index (χ0) is 11.1. The van der Waals surface area contributed by atoms with Gasteiger partial charge in [0.05, 0.1) is 6.61 Å². The highest BCUT2D eigenvalue weighted by Gasteiger charge is 2.18. The van der Waals surface area contributed by atoms with Gasteiger partial charge in [0.25, 0.3) is 0 Å². The second-order valence-corrected chi connectivity index (χ2v) is 4.67. The van der Waals surface area contributed by atoms with E-state index in [4.69, 9.17) is 4.74 Å². The van der Waals surface area contributed by atoms with Crippen molar-refractivity contribution in [1.82, 2.24) is 10.6 Å². The number of nitrogens with zero attached hydrogens (tertiary/aromatic N) is 1. The Morgan fingerprint density at radius 2 is 2.33 bits per heavy atom. The highest BCUT2D eigenvalue weighted by molar-refractivity contribution is 5.80. The largest absolute Gasteiger partial charge is 0.381 e. The van der Waals surface area contributed by atoms with Crippen molar-refractivity contribution in [2.45, 2.75) is 27.2 Å². The predicted octanol–water partition coefficient (Wildman–Crippen LogP) is 0.988. The van der Waals surface area contributed by atoms with Crippen molar-refractivity contribution >= 4 is 5.96 Å². The molecule has 0 spiro atoms. The number of ether oxygens (including phenoxy) is 1. The first-order valence-electron chi connectivity index (χ1n) is 5.74. The van der Waals surface area contributed by atoms with E-state index in [9.17, 15) is 0 Å². The summed E-state index contributed by atoms with van der Waals surface area (Å²) in [5.41, 5.74) is 0.150. The van der Waals surface area contributed by atoms with E-state index in [0.29, 0.717) is 0 Å². The molecule has 0 radical (unpaired) electrons. The van der Waals surface area contributed by atoms with Gasteiger partial charge in [0.2, 0.25) is 0 Å². The fraction of sp³-hybridized carbons (Fsp3) is 0.909.